The number of hydrogen-bond acceptors (Lipinski definition) is 6. The molecule has 0 fully saturated rings. The lowest BCUT2D eigenvalue weighted by Gasteiger charge is -2.14. The molecule has 0 radical (unpaired) electrons. The highest BCUT2D eigenvalue weighted by Crippen LogP contribution is 2.34. The second-order valence-electron chi connectivity index (χ2n) is 4.35. The molecule has 124 valence electrons. The van der Waals surface area contributed by atoms with Crippen molar-refractivity contribution in [3.05, 3.63) is 28.8 Å². The Hall–Kier alpha value is -1.52. The first-order valence-corrected chi connectivity index (χ1v) is 8.17. The number of thioether (sulfide) groups is 1. The first-order valence-electron chi connectivity index (χ1n) is 6.10. The summed E-state index contributed by atoms with van der Waals surface area (Å²) in [4.78, 5) is 12.1. The fourth-order valence-corrected chi connectivity index (χ4v) is 3.45. The minimum atomic E-state index is -4.52. The lowest BCUT2D eigenvalue weighted by molar-refractivity contribution is -0.137. The Morgan fingerprint density at radius 2 is 2.13 bits per heavy atom. The maximum atomic E-state index is 12.7. The Morgan fingerprint density at radius 3 is 2.70 bits per heavy atom. The van der Waals surface area contributed by atoms with Crippen molar-refractivity contribution in [1.82, 2.24) is 10.2 Å². The summed E-state index contributed by atoms with van der Waals surface area (Å²) < 4.78 is 38.6. The molecule has 0 aliphatic heterocycles. The van der Waals surface area contributed by atoms with Crippen molar-refractivity contribution in [2.45, 2.75) is 22.7 Å². The number of anilines is 2. The molecule has 0 aliphatic carbocycles. The Morgan fingerprint density at radius 1 is 1.43 bits per heavy atom. The molecule has 5 nitrogen and oxygen atoms in total. The fraction of sp³-hybridized carbons (Fsp3) is 0.250. The highest BCUT2D eigenvalue weighted by atomic mass is 35.5. The molecule has 0 bridgehead atoms. The molecule has 0 spiro atoms. The number of nitrogens with one attached hydrogen (secondary N) is 1. The molecule has 23 heavy (non-hydrogen) atoms. The van der Waals surface area contributed by atoms with Crippen LogP contribution in [-0.4, -0.2) is 21.4 Å². The molecule has 2 rings (SSSR count). The second kappa shape index (κ2) is 6.93. The molecule has 11 heteroatoms. The highest BCUT2D eigenvalue weighted by Gasteiger charge is 2.31. The second-order valence-corrected chi connectivity index (χ2v) is 7.35. The lowest BCUT2D eigenvalue weighted by Crippen LogP contribution is -2.22. The fourth-order valence-electron chi connectivity index (χ4n) is 1.50. The maximum absolute atomic E-state index is 12.7. The van der Waals surface area contributed by atoms with Crippen LogP contribution < -0.4 is 11.1 Å². The normalized spacial score (nSPS) is 12.9. The molecule has 0 saturated heterocycles. The maximum Gasteiger partial charge on any atom is 0.416 e. The minimum Gasteiger partial charge on any atom is -0.374 e. The Balaban J connectivity index is 2.10. The third kappa shape index (κ3) is 4.72. The van der Waals surface area contributed by atoms with Gasteiger partial charge in [0.15, 0.2) is 4.34 Å². The van der Waals surface area contributed by atoms with E-state index in [2.05, 4.69) is 15.5 Å². The van der Waals surface area contributed by atoms with Crippen molar-refractivity contribution in [3.63, 3.8) is 0 Å². The zero-order chi connectivity index (χ0) is 17.2. The van der Waals surface area contributed by atoms with Crippen LogP contribution in [0.5, 0.6) is 0 Å². The van der Waals surface area contributed by atoms with Gasteiger partial charge in [-0.25, -0.2) is 0 Å². The van der Waals surface area contributed by atoms with Crippen LogP contribution in [0.2, 0.25) is 5.02 Å². The molecule has 1 amide bonds. The number of aromatic nitrogens is 2. The van der Waals surface area contributed by atoms with Crippen LogP contribution in [-0.2, 0) is 11.0 Å². The van der Waals surface area contributed by atoms with Gasteiger partial charge in [-0.3, -0.25) is 4.79 Å². The number of benzene rings is 1. The van der Waals surface area contributed by atoms with E-state index in [1.54, 1.807) is 6.92 Å². The number of amides is 1. The average Bonchev–Trinajstić information content (AvgIpc) is 2.85. The molecule has 1 atom stereocenters. The van der Waals surface area contributed by atoms with Gasteiger partial charge >= 0.3 is 6.18 Å². The predicted octanol–water partition coefficient (Wildman–Crippen LogP) is 3.91. The molecular weight excluding hydrogens is 373 g/mol. The zero-order valence-corrected chi connectivity index (χ0v) is 13.9. The summed E-state index contributed by atoms with van der Waals surface area (Å²) in [7, 11) is 0. The average molecular weight is 383 g/mol. The summed E-state index contributed by atoms with van der Waals surface area (Å²) in [5.74, 6) is -0.509. The molecule has 1 heterocycles. The molecule has 0 aliphatic rings. The third-order valence-electron chi connectivity index (χ3n) is 2.62. The zero-order valence-electron chi connectivity index (χ0n) is 11.5. The van der Waals surface area contributed by atoms with E-state index in [0.717, 1.165) is 41.3 Å². The van der Waals surface area contributed by atoms with Crippen molar-refractivity contribution < 1.29 is 18.0 Å². The van der Waals surface area contributed by atoms with Gasteiger partial charge in [0.05, 0.1) is 21.5 Å². The number of halogens is 4. The Labute approximate surface area is 142 Å². The Bertz CT molecular complexity index is 723. The van der Waals surface area contributed by atoms with Gasteiger partial charge in [0.25, 0.3) is 0 Å². The van der Waals surface area contributed by atoms with E-state index >= 15 is 0 Å². The summed E-state index contributed by atoms with van der Waals surface area (Å²) in [5, 5.41) is 9.42. The third-order valence-corrected chi connectivity index (χ3v) is 4.89. The number of nitrogen functional groups attached to an aromatic ring is 1. The van der Waals surface area contributed by atoms with Crippen LogP contribution >= 0.6 is 34.7 Å². The largest absolute Gasteiger partial charge is 0.416 e. The van der Waals surface area contributed by atoms with E-state index in [9.17, 15) is 18.0 Å². The van der Waals surface area contributed by atoms with Crippen molar-refractivity contribution in [1.29, 1.82) is 0 Å². The van der Waals surface area contributed by atoms with Gasteiger partial charge < -0.3 is 11.1 Å². The summed E-state index contributed by atoms with van der Waals surface area (Å²) >= 11 is 8.04. The number of nitrogens with zero attached hydrogens (tertiary/aromatic N) is 2. The van der Waals surface area contributed by atoms with Gasteiger partial charge in [-0.15, -0.1) is 10.2 Å². The topological polar surface area (TPSA) is 80.9 Å². The Kier molecular flexibility index (Phi) is 5.37. The van der Waals surface area contributed by atoms with E-state index < -0.39 is 22.9 Å². The van der Waals surface area contributed by atoms with E-state index in [0.29, 0.717) is 4.34 Å². The summed E-state index contributed by atoms with van der Waals surface area (Å²) in [6.45, 7) is 1.58. The van der Waals surface area contributed by atoms with Gasteiger partial charge in [0, 0.05) is 0 Å². The smallest absolute Gasteiger partial charge is 0.374 e. The molecule has 1 aromatic carbocycles. The number of hydrogen-bond donors (Lipinski definition) is 2. The van der Waals surface area contributed by atoms with Crippen molar-refractivity contribution in [3.8, 4) is 0 Å². The number of carbonyl (C=O) groups is 1. The van der Waals surface area contributed by atoms with E-state index in [1.807, 2.05) is 0 Å². The summed E-state index contributed by atoms with van der Waals surface area (Å²) in [6.07, 6.45) is -4.52. The number of rotatable bonds is 4. The quantitative estimate of drug-likeness (QED) is 0.783. The van der Waals surface area contributed by atoms with Crippen molar-refractivity contribution in [2.24, 2.45) is 0 Å². The molecule has 1 aromatic heterocycles. The van der Waals surface area contributed by atoms with Gasteiger partial charge in [-0.2, -0.15) is 13.2 Å². The summed E-state index contributed by atoms with van der Waals surface area (Å²) in [6, 6.07) is 2.73. The van der Waals surface area contributed by atoms with Crippen LogP contribution in [0.25, 0.3) is 0 Å². The van der Waals surface area contributed by atoms with Crippen molar-refractivity contribution >= 4 is 51.4 Å². The van der Waals surface area contributed by atoms with Gasteiger partial charge in [-0.1, -0.05) is 34.7 Å². The minimum absolute atomic E-state index is 0.0173. The van der Waals surface area contributed by atoms with Crippen LogP contribution in [0, 0.1) is 0 Å². The molecular formula is C12H10ClF3N4OS2. The molecule has 2 aromatic rings. The monoisotopic (exact) mass is 382 g/mol. The standard InChI is InChI=1S/C12H10ClF3N4OS2/c1-5(22-11-20-19-10(17)23-11)9(21)18-8-4-6(12(14,15)16)2-3-7(8)13/h2-5H,1H3,(H2,17,19)(H,18,21)/t5-/m0/s1. The van der Waals surface area contributed by atoms with Crippen LogP contribution in [0.4, 0.5) is 24.0 Å². The first-order chi connectivity index (χ1) is 10.7. The number of nitrogens with two attached hydrogens (primary N) is 1. The van der Waals surface area contributed by atoms with Crippen LogP contribution in [0.15, 0.2) is 22.5 Å². The summed E-state index contributed by atoms with van der Waals surface area (Å²) in [5.41, 5.74) is 4.44. The van der Waals surface area contributed by atoms with Gasteiger partial charge in [0.2, 0.25) is 11.0 Å². The van der Waals surface area contributed by atoms with E-state index in [1.165, 1.54) is 0 Å². The number of carbonyl (C=O) groups excluding carboxylic acids is 1. The van der Waals surface area contributed by atoms with Gasteiger partial charge in [-0.05, 0) is 25.1 Å². The SMILES string of the molecule is C[C@H](Sc1nnc(N)s1)C(=O)Nc1cc(C(F)(F)F)ccc1Cl. The van der Waals surface area contributed by atoms with Crippen LogP contribution in [0.3, 0.4) is 0 Å². The van der Waals surface area contributed by atoms with E-state index in [4.69, 9.17) is 17.3 Å². The molecule has 3 N–H and O–H groups in total. The van der Waals surface area contributed by atoms with E-state index in [-0.39, 0.29) is 15.8 Å². The van der Waals surface area contributed by atoms with Crippen molar-refractivity contribution in [2.75, 3.05) is 11.1 Å². The first kappa shape index (κ1) is 17.8. The lowest BCUT2D eigenvalue weighted by atomic mass is 10.2. The molecule has 0 saturated carbocycles. The predicted molar refractivity (Wildman–Crippen MR) is 84.7 cm³/mol. The van der Waals surface area contributed by atoms with Gasteiger partial charge in [0.1, 0.15) is 0 Å². The van der Waals surface area contributed by atoms with Crippen LogP contribution in [0.1, 0.15) is 12.5 Å². The highest BCUT2D eigenvalue weighted by molar-refractivity contribution is 8.02. The number of alkyl halides is 3. The molecule has 0 unspecified atom stereocenters.